The largest absolute Gasteiger partial charge is 0.368 e. The summed E-state index contributed by atoms with van der Waals surface area (Å²) in [7, 11) is -3.81. The van der Waals surface area contributed by atoms with Crippen molar-refractivity contribution in [3.8, 4) is 6.07 Å². The molecule has 0 aliphatic rings. The molecule has 0 bridgehead atoms. The molecule has 1 heterocycles. The molecule has 3 aromatic rings. The van der Waals surface area contributed by atoms with Gasteiger partial charge < -0.3 is 11.1 Å². The molecular formula is C18H14FN7O2S. The van der Waals surface area contributed by atoms with Gasteiger partial charge >= 0.3 is 0 Å². The Morgan fingerprint density at radius 2 is 1.72 bits per heavy atom. The fourth-order valence-electron chi connectivity index (χ4n) is 2.30. The van der Waals surface area contributed by atoms with Crippen molar-refractivity contribution in [1.82, 2.24) is 15.0 Å². The van der Waals surface area contributed by atoms with Crippen LogP contribution in [0.4, 0.5) is 22.0 Å². The number of rotatable bonds is 5. The molecular weight excluding hydrogens is 397 g/mol. The van der Waals surface area contributed by atoms with Crippen molar-refractivity contribution >= 4 is 39.3 Å². The Morgan fingerprint density at radius 3 is 2.31 bits per heavy atom. The number of nitrogens with two attached hydrogens (primary N) is 2. The van der Waals surface area contributed by atoms with Gasteiger partial charge in [0, 0.05) is 5.69 Å². The maximum absolute atomic E-state index is 13.0. The van der Waals surface area contributed by atoms with Crippen LogP contribution in [-0.2, 0) is 10.0 Å². The summed E-state index contributed by atoms with van der Waals surface area (Å²) in [6.45, 7) is 0. The van der Waals surface area contributed by atoms with Crippen molar-refractivity contribution in [1.29, 1.82) is 5.26 Å². The lowest BCUT2D eigenvalue weighted by Crippen LogP contribution is -2.12. The van der Waals surface area contributed by atoms with Crippen LogP contribution in [0.2, 0.25) is 0 Å². The van der Waals surface area contributed by atoms with E-state index in [1.807, 2.05) is 6.07 Å². The summed E-state index contributed by atoms with van der Waals surface area (Å²) in [6, 6.07) is 13.1. The molecule has 0 aliphatic carbocycles. The van der Waals surface area contributed by atoms with Gasteiger partial charge in [-0.3, -0.25) is 0 Å². The van der Waals surface area contributed by atoms with Crippen LogP contribution < -0.4 is 16.2 Å². The van der Waals surface area contributed by atoms with Crippen molar-refractivity contribution in [2.45, 2.75) is 4.90 Å². The number of anilines is 3. The van der Waals surface area contributed by atoms with E-state index in [1.165, 1.54) is 54.6 Å². The Balaban J connectivity index is 1.91. The zero-order valence-corrected chi connectivity index (χ0v) is 15.6. The van der Waals surface area contributed by atoms with Crippen molar-refractivity contribution in [3.63, 3.8) is 0 Å². The van der Waals surface area contributed by atoms with Gasteiger partial charge in [0.05, 0.1) is 10.5 Å². The SMILES string of the molecule is N#C/C(=C\c1ccc(F)cc1)c1nc(N)nc(Nc2ccc(S(N)(=O)=O)cc2)n1. The Morgan fingerprint density at radius 1 is 1.07 bits per heavy atom. The van der Waals surface area contributed by atoms with Crippen LogP contribution in [0.15, 0.2) is 53.4 Å². The highest BCUT2D eigenvalue weighted by molar-refractivity contribution is 7.89. The predicted molar refractivity (Wildman–Crippen MR) is 105 cm³/mol. The van der Waals surface area contributed by atoms with Crippen LogP contribution in [0.25, 0.3) is 11.6 Å². The van der Waals surface area contributed by atoms with Gasteiger partial charge in [0.2, 0.25) is 21.9 Å². The molecule has 11 heteroatoms. The molecule has 0 unspecified atom stereocenters. The Hall–Kier alpha value is -3.88. The summed E-state index contributed by atoms with van der Waals surface area (Å²) in [5.41, 5.74) is 6.86. The summed E-state index contributed by atoms with van der Waals surface area (Å²) in [6.07, 6.45) is 1.49. The molecule has 146 valence electrons. The highest BCUT2D eigenvalue weighted by Crippen LogP contribution is 2.20. The van der Waals surface area contributed by atoms with Gasteiger partial charge in [0.1, 0.15) is 11.9 Å². The molecule has 0 fully saturated rings. The van der Waals surface area contributed by atoms with Crippen molar-refractivity contribution < 1.29 is 12.8 Å². The second-order valence-corrected chi connectivity index (χ2v) is 7.32. The number of allylic oxidation sites excluding steroid dienone is 1. The maximum Gasteiger partial charge on any atom is 0.238 e. The smallest absolute Gasteiger partial charge is 0.238 e. The van der Waals surface area contributed by atoms with Crippen LogP contribution in [-0.4, -0.2) is 23.4 Å². The van der Waals surface area contributed by atoms with Crippen molar-refractivity contribution in [2.24, 2.45) is 5.14 Å². The van der Waals surface area contributed by atoms with Gasteiger partial charge in [0.15, 0.2) is 5.82 Å². The number of hydrogen-bond acceptors (Lipinski definition) is 8. The third kappa shape index (κ3) is 5.10. The molecule has 1 aromatic heterocycles. The molecule has 29 heavy (non-hydrogen) atoms. The van der Waals surface area contributed by atoms with E-state index in [0.29, 0.717) is 11.3 Å². The van der Waals surface area contributed by atoms with Crippen molar-refractivity contribution in [3.05, 3.63) is 65.7 Å². The van der Waals surface area contributed by atoms with Crippen LogP contribution in [0.1, 0.15) is 11.4 Å². The van der Waals surface area contributed by atoms with Crippen LogP contribution in [0.3, 0.4) is 0 Å². The van der Waals surface area contributed by atoms with E-state index in [-0.39, 0.29) is 28.2 Å². The third-order valence-electron chi connectivity index (χ3n) is 3.63. The van der Waals surface area contributed by atoms with Crippen LogP contribution >= 0.6 is 0 Å². The fraction of sp³-hybridized carbons (Fsp3) is 0. The number of nitrogen functional groups attached to an aromatic ring is 1. The quantitative estimate of drug-likeness (QED) is 0.537. The Bertz CT molecular complexity index is 1220. The average molecular weight is 411 g/mol. The minimum absolute atomic E-state index is 0.0213. The zero-order valence-electron chi connectivity index (χ0n) is 14.7. The second-order valence-electron chi connectivity index (χ2n) is 5.76. The Labute approximate surface area is 165 Å². The molecule has 5 N–H and O–H groups in total. The third-order valence-corrected chi connectivity index (χ3v) is 4.56. The van der Waals surface area contributed by atoms with E-state index >= 15 is 0 Å². The first kappa shape index (κ1) is 19.9. The summed E-state index contributed by atoms with van der Waals surface area (Å²) in [5, 5.41) is 17.4. The number of hydrogen-bond donors (Lipinski definition) is 3. The summed E-state index contributed by atoms with van der Waals surface area (Å²) in [4.78, 5) is 12.0. The molecule has 0 spiro atoms. The van der Waals surface area contributed by atoms with E-state index in [4.69, 9.17) is 10.9 Å². The van der Waals surface area contributed by atoms with Gasteiger partial charge in [0.25, 0.3) is 0 Å². The maximum atomic E-state index is 13.0. The Kier molecular flexibility index (Phi) is 5.49. The molecule has 0 atom stereocenters. The number of nitrogens with zero attached hydrogens (tertiary/aromatic N) is 4. The normalized spacial score (nSPS) is 11.7. The van der Waals surface area contributed by atoms with E-state index in [1.54, 1.807) is 0 Å². The number of nitriles is 1. The highest BCUT2D eigenvalue weighted by atomic mass is 32.2. The summed E-state index contributed by atoms with van der Waals surface area (Å²) >= 11 is 0. The minimum atomic E-state index is -3.81. The van der Waals surface area contributed by atoms with Gasteiger partial charge in [-0.15, -0.1) is 0 Å². The predicted octanol–water partition coefficient (Wildman–Crippen LogP) is 2.05. The lowest BCUT2D eigenvalue weighted by Gasteiger charge is -2.07. The molecule has 0 radical (unpaired) electrons. The van der Waals surface area contributed by atoms with Gasteiger partial charge in [-0.1, -0.05) is 12.1 Å². The van der Waals surface area contributed by atoms with E-state index in [9.17, 15) is 18.1 Å². The van der Waals surface area contributed by atoms with E-state index < -0.39 is 15.8 Å². The number of halogens is 1. The molecule has 0 saturated heterocycles. The highest BCUT2D eigenvalue weighted by Gasteiger charge is 2.11. The molecule has 2 aromatic carbocycles. The van der Waals surface area contributed by atoms with Crippen LogP contribution in [0, 0.1) is 17.1 Å². The van der Waals surface area contributed by atoms with Crippen LogP contribution in [0.5, 0.6) is 0 Å². The summed E-state index contributed by atoms with van der Waals surface area (Å²) in [5.74, 6) is -0.451. The standard InChI is InChI=1S/C18H14FN7O2S/c19-13-3-1-11(2-4-13)9-12(10-20)16-24-17(21)26-18(25-16)23-14-5-7-15(8-6-14)29(22,27)28/h1-9H,(H2,22,27,28)(H3,21,23,24,25,26)/b12-9+. The molecule has 0 saturated carbocycles. The topological polar surface area (TPSA) is 161 Å². The first-order valence-electron chi connectivity index (χ1n) is 8.04. The molecule has 0 amide bonds. The molecule has 3 rings (SSSR count). The monoisotopic (exact) mass is 411 g/mol. The van der Waals surface area contributed by atoms with Gasteiger partial charge in [-0.2, -0.15) is 20.2 Å². The van der Waals surface area contributed by atoms with E-state index in [2.05, 4.69) is 20.3 Å². The van der Waals surface area contributed by atoms with Crippen molar-refractivity contribution in [2.75, 3.05) is 11.1 Å². The summed E-state index contributed by atoms with van der Waals surface area (Å²) < 4.78 is 35.7. The zero-order chi connectivity index (χ0) is 21.0. The average Bonchev–Trinajstić information content (AvgIpc) is 2.67. The van der Waals surface area contributed by atoms with E-state index in [0.717, 1.165) is 0 Å². The lowest BCUT2D eigenvalue weighted by atomic mass is 10.1. The first-order chi connectivity index (χ1) is 13.7. The number of primary sulfonamides is 1. The fourth-order valence-corrected chi connectivity index (χ4v) is 2.81. The number of sulfonamides is 1. The van der Waals surface area contributed by atoms with Gasteiger partial charge in [-0.25, -0.2) is 17.9 Å². The van der Waals surface area contributed by atoms with Gasteiger partial charge in [-0.05, 0) is 48.0 Å². The first-order valence-corrected chi connectivity index (χ1v) is 9.58. The number of benzene rings is 2. The number of aromatic nitrogens is 3. The molecule has 9 nitrogen and oxygen atoms in total. The lowest BCUT2D eigenvalue weighted by molar-refractivity contribution is 0.598. The minimum Gasteiger partial charge on any atom is -0.368 e. The second kappa shape index (κ2) is 8.01. The number of nitrogens with one attached hydrogen (secondary N) is 1. The molecule has 0 aliphatic heterocycles.